The Hall–Kier alpha value is -2.22. The molecule has 3 aliphatic rings. The van der Waals surface area contributed by atoms with E-state index in [0.29, 0.717) is 0 Å². The van der Waals surface area contributed by atoms with E-state index in [-0.39, 0.29) is 29.7 Å². The molecule has 5 unspecified atom stereocenters. The third-order valence-corrected chi connectivity index (χ3v) is 7.79. The Bertz CT molecular complexity index is 1000. The number of halogens is 1. The van der Waals surface area contributed by atoms with E-state index < -0.39 is 6.17 Å². The molecule has 1 aliphatic carbocycles. The van der Waals surface area contributed by atoms with E-state index in [4.69, 9.17) is 4.98 Å². The van der Waals surface area contributed by atoms with E-state index in [0.717, 1.165) is 61.5 Å². The van der Waals surface area contributed by atoms with Crippen molar-refractivity contribution in [2.45, 2.75) is 70.1 Å². The van der Waals surface area contributed by atoms with E-state index in [1.54, 1.807) is 12.1 Å². The van der Waals surface area contributed by atoms with Crippen LogP contribution in [0.5, 0.6) is 5.75 Å². The Morgan fingerprint density at radius 2 is 2.09 bits per heavy atom. The molecule has 7 heteroatoms. The quantitative estimate of drug-likeness (QED) is 0.505. The van der Waals surface area contributed by atoms with Gasteiger partial charge in [0.25, 0.3) is 0 Å². The van der Waals surface area contributed by atoms with Crippen molar-refractivity contribution in [2.75, 3.05) is 19.6 Å². The van der Waals surface area contributed by atoms with E-state index in [2.05, 4.69) is 40.7 Å². The van der Waals surface area contributed by atoms with Crippen LogP contribution in [-0.4, -0.2) is 51.8 Å². The average molecular weight is 454 g/mol. The fourth-order valence-electron chi connectivity index (χ4n) is 5.92. The van der Waals surface area contributed by atoms with Gasteiger partial charge in [0, 0.05) is 24.9 Å². The predicted molar refractivity (Wildman–Crippen MR) is 129 cm³/mol. The van der Waals surface area contributed by atoms with Gasteiger partial charge in [-0.1, -0.05) is 32.4 Å². The van der Waals surface area contributed by atoms with Gasteiger partial charge in [-0.3, -0.25) is 10.3 Å². The van der Waals surface area contributed by atoms with Crippen LogP contribution in [0.25, 0.3) is 5.57 Å². The van der Waals surface area contributed by atoms with Crippen LogP contribution in [0.3, 0.4) is 0 Å². The second-order valence-electron chi connectivity index (χ2n) is 9.82. The molecule has 0 bridgehead atoms. The number of hydrazine groups is 1. The standard InChI is InChI=1S/C26H36FN5O/c1-3-5-11-32-12-10-17(15-32)22-14-28-26(29-22)25-21-9-8-20(23(27)24(21)30-31-25)19-7-6-18(33)13-16(19)4-2/h6-7,10,13-14,20-21,23-25,30-31,33H,3-5,8-9,11-12,15H2,1-2H3,(H,28,29). The van der Waals surface area contributed by atoms with Gasteiger partial charge in [0.1, 0.15) is 17.7 Å². The predicted octanol–water partition coefficient (Wildman–Crippen LogP) is 4.23. The van der Waals surface area contributed by atoms with Crippen molar-refractivity contribution in [1.29, 1.82) is 0 Å². The van der Waals surface area contributed by atoms with Crippen LogP contribution in [0.2, 0.25) is 0 Å². The highest BCUT2D eigenvalue weighted by Gasteiger charge is 2.48. The summed E-state index contributed by atoms with van der Waals surface area (Å²) in [5, 5.41) is 9.84. The number of nitrogens with zero attached hydrogens (tertiary/aromatic N) is 2. The number of nitrogens with one attached hydrogen (secondary N) is 3. The minimum atomic E-state index is -0.991. The van der Waals surface area contributed by atoms with Crippen LogP contribution < -0.4 is 10.9 Å². The van der Waals surface area contributed by atoms with Gasteiger partial charge in [-0.25, -0.2) is 14.8 Å². The van der Waals surface area contributed by atoms with Gasteiger partial charge in [-0.2, -0.15) is 0 Å². The van der Waals surface area contributed by atoms with Crippen molar-refractivity contribution in [1.82, 2.24) is 25.7 Å². The zero-order valence-corrected chi connectivity index (χ0v) is 19.6. The van der Waals surface area contributed by atoms with Gasteiger partial charge >= 0.3 is 0 Å². The highest BCUT2D eigenvalue weighted by Crippen LogP contribution is 2.45. The molecule has 0 amide bonds. The molecule has 3 heterocycles. The summed E-state index contributed by atoms with van der Waals surface area (Å²) in [5.74, 6) is 1.14. The Balaban J connectivity index is 1.27. The number of fused-ring (bicyclic) bond motifs is 1. The molecule has 5 rings (SSSR count). The Kier molecular flexibility index (Phi) is 6.54. The van der Waals surface area contributed by atoms with Crippen LogP contribution in [-0.2, 0) is 6.42 Å². The average Bonchev–Trinajstić information content (AvgIpc) is 3.57. The number of unbranched alkanes of at least 4 members (excludes halogenated alkanes) is 1. The van der Waals surface area contributed by atoms with Crippen molar-refractivity contribution in [3.05, 3.63) is 53.1 Å². The molecule has 4 N–H and O–H groups in total. The fourth-order valence-corrected chi connectivity index (χ4v) is 5.92. The third-order valence-electron chi connectivity index (χ3n) is 7.79. The number of aromatic hydroxyl groups is 1. The number of H-pyrrole nitrogens is 1. The molecule has 0 spiro atoms. The van der Waals surface area contributed by atoms with Gasteiger partial charge in [0.05, 0.1) is 24.0 Å². The molecule has 5 atom stereocenters. The lowest BCUT2D eigenvalue weighted by Gasteiger charge is -2.36. The highest BCUT2D eigenvalue weighted by molar-refractivity contribution is 5.66. The van der Waals surface area contributed by atoms with Crippen molar-refractivity contribution >= 4 is 5.57 Å². The Morgan fingerprint density at radius 1 is 1.21 bits per heavy atom. The van der Waals surface area contributed by atoms with Crippen LogP contribution in [0, 0.1) is 5.92 Å². The number of aromatic amines is 1. The number of phenols is 1. The Labute approximate surface area is 195 Å². The number of aryl methyl sites for hydroxylation is 1. The van der Waals surface area contributed by atoms with Crippen LogP contribution in [0.4, 0.5) is 4.39 Å². The zero-order chi connectivity index (χ0) is 22.9. The molecule has 1 saturated carbocycles. The summed E-state index contributed by atoms with van der Waals surface area (Å²) in [4.78, 5) is 10.7. The number of alkyl halides is 1. The lowest BCUT2D eigenvalue weighted by molar-refractivity contribution is 0.135. The van der Waals surface area contributed by atoms with Gasteiger partial charge in [-0.15, -0.1) is 0 Å². The van der Waals surface area contributed by atoms with Crippen LogP contribution in [0.15, 0.2) is 30.5 Å². The molecule has 2 aromatic rings. The van der Waals surface area contributed by atoms with E-state index >= 15 is 4.39 Å². The number of hydrogen-bond donors (Lipinski definition) is 4. The molecular formula is C26H36FN5O. The number of imidazole rings is 1. The van der Waals surface area contributed by atoms with Crippen molar-refractivity contribution in [2.24, 2.45) is 5.92 Å². The first-order valence-electron chi connectivity index (χ1n) is 12.5. The van der Waals surface area contributed by atoms with Gasteiger partial charge in [0.2, 0.25) is 0 Å². The molecule has 1 aromatic carbocycles. The molecule has 6 nitrogen and oxygen atoms in total. The molecule has 0 radical (unpaired) electrons. The maximum Gasteiger partial charge on any atom is 0.125 e. The molecule has 33 heavy (non-hydrogen) atoms. The second kappa shape index (κ2) is 9.57. The topological polar surface area (TPSA) is 76.2 Å². The summed E-state index contributed by atoms with van der Waals surface area (Å²) >= 11 is 0. The molecule has 2 aliphatic heterocycles. The number of rotatable bonds is 7. The molecule has 1 aromatic heterocycles. The van der Waals surface area contributed by atoms with Crippen LogP contribution >= 0.6 is 0 Å². The first-order valence-corrected chi connectivity index (χ1v) is 12.5. The molecule has 1 saturated heterocycles. The molecule has 2 fully saturated rings. The SMILES string of the molecule is CCCCN1CC=C(c2cnc(C3NNC4C(F)C(c5ccc(O)cc5CC)CCC34)[nH]2)C1. The van der Waals surface area contributed by atoms with Crippen molar-refractivity contribution in [3.63, 3.8) is 0 Å². The normalized spacial score (nSPS) is 29.9. The largest absolute Gasteiger partial charge is 0.508 e. The first kappa shape index (κ1) is 22.6. The molecule has 178 valence electrons. The maximum absolute atomic E-state index is 15.8. The van der Waals surface area contributed by atoms with E-state index in [9.17, 15) is 5.11 Å². The highest BCUT2D eigenvalue weighted by atomic mass is 19.1. The van der Waals surface area contributed by atoms with Gasteiger partial charge in [0.15, 0.2) is 0 Å². The van der Waals surface area contributed by atoms with Crippen LogP contribution in [0.1, 0.15) is 74.1 Å². The first-order chi connectivity index (χ1) is 16.1. The summed E-state index contributed by atoms with van der Waals surface area (Å²) in [6, 6.07) is 5.09. The second-order valence-corrected chi connectivity index (χ2v) is 9.82. The monoisotopic (exact) mass is 453 g/mol. The summed E-state index contributed by atoms with van der Waals surface area (Å²) in [6.45, 7) is 7.38. The number of aromatic nitrogens is 2. The number of phenolic OH excluding ortho intramolecular Hbond substituents is 1. The zero-order valence-electron chi connectivity index (χ0n) is 19.6. The summed E-state index contributed by atoms with van der Waals surface area (Å²) in [5.41, 5.74) is 11.1. The maximum atomic E-state index is 15.8. The minimum Gasteiger partial charge on any atom is -0.508 e. The third kappa shape index (κ3) is 4.34. The fraction of sp³-hybridized carbons (Fsp3) is 0.577. The summed E-state index contributed by atoms with van der Waals surface area (Å²) in [7, 11) is 0. The smallest absolute Gasteiger partial charge is 0.125 e. The Morgan fingerprint density at radius 3 is 2.91 bits per heavy atom. The van der Waals surface area contributed by atoms with Crippen molar-refractivity contribution in [3.8, 4) is 5.75 Å². The van der Waals surface area contributed by atoms with E-state index in [1.807, 2.05) is 12.3 Å². The lowest BCUT2D eigenvalue weighted by atomic mass is 9.71. The number of benzene rings is 1. The van der Waals surface area contributed by atoms with Crippen molar-refractivity contribution < 1.29 is 9.50 Å². The molecular weight excluding hydrogens is 417 g/mol. The van der Waals surface area contributed by atoms with Gasteiger partial charge < -0.3 is 10.1 Å². The summed E-state index contributed by atoms with van der Waals surface area (Å²) < 4.78 is 15.8. The lowest BCUT2D eigenvalue weighted by Crippen LogP contribution is -2.45. The van der Waals surface area contributed by atoms with Gasteiger partial charge in [-0.05, 0) is 61.1 Å². The number of hydrogen-bond acceptors (Lipinski definition) is 5. The minimum absolute atomic E-state index is 0.0217. The van der Waals surface area contributed by atoms with E-state index in [1.165, 1.54) is 18.4 Å². The summed E-state index contributed by atoms with van der Waals surface area (Å²) in [6.07, 6.45) is 8.19.